The number of benzene rings is 1. The van der Waals surface area contributed by atoms with Gasteiger partial charge in [-0.2, -0.15) is 5.26 Å². The van der Waals surface area contributed by atoms with Gasteiger partial charge in [0.05, 0.1) is 23.1 Å². The summed E-state index contributed by atoms with van der Waals surface area (Å²) in [6.07, 6.45) is 1.67. The normalized spacial score (nSPS) is 10.1. The van der Waals surface area contributed by atoms with Crippen LogP contribution >= 0.6 is 23.2 Å². The highest BCUT2D eigenvalue weighted by molar-refractivity contribution is 6.36. The zero-order valence-electron chi connectivity index (χ0n) is 9.21. The van der Waals surface area contributed by atoms with Crippen LogP contribution in [0.25, 0.3) is 11.1 Å². The number of nitriles is 1. The van der Waals surface area contributed by atoms with Crippen LogP contribution in [0.5, 0.6) is 0 Å². The van der Waals surface area contributed by atoms with E-state index in [1.165, 1.54) is 6.20 Å². The Morgan fingerprint density at radius 1 is 1.28 bits per heavy atom. The Morgan fingerprint density at radius 3 is 2.72 bits per heavy atom. The van der Waals surface area contributed by atoms with Crippen molar-refractivity contribution in [2.45, 2.75) is 6.42 Å². The minimum absolute atomic E-state index is 0.151. The summed E-state index contributed by atoms with van der Waals surface area (Å²) in [5.74, 6) is 0. The minimum Gasteiger partial charge on any atom is -0.329 e. The lowest BCUT2D eigenvalue weighted by Crippen LogP contribution is -2.11. The predicted octanol–water partition coefficient (Wildman–Crippen LogP) is 3.41. The molecule has 0 radical (unpaired) electrons. The summed E-state index contributed by atoms with van der Waals surface area (Å²) in [5.41, 5.74) is 1.37. The first kappa shape index (κ1) is 12.7. The minimum atomic E-state index is -0.271. The number of aromatic amines is 1. The van der Waals surface area contributed by atoms with Crippen molar-refractivity contribution in [3.8, 4) is 17.2 Å². The molecule has 0 aliphatic carbocycles. The summed E-state index contributed by atoms with van der Waals surface area (Å²) >= 11 is 11.9. The maximum atomic E-state index is 11.9. The average Bonchev–Trinajstić information content (AvgIpc) is 2.31. The molecular formula is C13H8Cl2N2O. The Balaban J connectivity index is 2.70. The fourth-order valence-corrected chi connectivity index (χ4v) is 2.24. The van der Waals surface area contributed by atoms with Crippen molar-refractivity contribution in [3.05, 3.63) is 56.4 Å². The number of hydrogen-bond donors (Lipinski definition) is 1. The maximum Gasteiger partial charge on any atom is 0.256 e. The predicted molar refractivity (Wildman–Crippen MR) is 71.8 cm³/mol. The number of rotatable bonds is 2. The molecule has 0 fully saturated rings. The van der Waals surface area contributed by atoms with E-state index in [2.05, 4.69) is 4.98 Å². The van der Waals surface area contributed by atoms with E-state index in [-0.39, 0.29) is 12.0 Å². The van der Waals surface area contributed by atoms with Gasteiger partial charge in [0.25, 0.3) is 5.56 Å². The second-order valence-electron chi connectivity index (χ2n) is 3.67. The molecule has 1 aromatic heterocycles. The Hall–Kier alpha value is -1.76. The van der Waals surface area contributed by atoms with Gasteiger partial charge in [-0.15, -0.1) is 0 Å². The molecule has 0 unspecified atom stereocenters. The van der Waals surface area contributed by atoms with Gasteiger partial charge in [0, 0.05) is 16.8 Å². The lowest BCUT2D eigenvalue weighted by atomic mass is 10.00. The molecule has 5 heteroatoms. The van der Waals surface area contributed by atoms with E-state index in [9.17, 15) is 4.79 Å². The number of aromatic nitrogens is 1. The first-order valence-corrected chi connectivity index (χ1v) is 5.92. The standard InChI is InChI=1S/C13H8Cl2N2O/c14-9-1-2-10(11(15)7-9)12-8(3-5-16)4-6-17-13(12)18/h1-2,4,6-7H,3H2,(H,17,18). The van der Waals surface area contributed by atoms with Crippen molar-refractivity contribution in [2.24, 2.45) is 0 Å². The monoisotopic (exact) mass is 278 g/mol. The molecule has 90 valence electrons. The summed E-state index contributed by atoms with van der Waals surface area (Å²) < 4.78 is 0. The van der Waals surface area contributed by atoms with Crippen LogP contribution in [0.4, 0.5) is 0 Å². The number of nitrogens with one attached hydrogen (secondary N) is 1. The molecule has 2 rings (SSSR count). The number of hydrogen-bond acceptors (Lipinski definition) is 2. The van der Waals surface area contributed by atoms with Crippen molar-refractivity contribution in [1.82, 2.24) is 4.98 Å². The Morgan fingerprint density at radius 2 is 2.06 bits per heavy atom. The van der Waals surface area contributed by atoms with Crippen molar-refractivity contribution in [3.63, 3.8) is 0 Å². The van der Waals surface area contributed by atoms with Crippen molar-refractivity contribution in [2.75, 3.05) is 0 Å². The molecule has 3 nitrogen and oxygen atoms in total. The van der Waals surface area contributed by atoms with E-state index in [0.29, 0.717) is 26.7 Å². The molecule has 0 saturated carbocycles. The molecule has 1 N–H and O–H groups in total. The highest BCUT2D eigenvalue weighted by Crippen LogP contribution is 2.30. The Bertz CT molecular complexity index is 686. The van der Waals surface area contributed by atoms with Crippen LogP contribution in [0.15, 0.2) is 35.3 Å². The van der Waals surface area contributed by atoms with E-state index in [1.54, 1.807) is 24.3 Å². The first-order chi connectivity index (χ1) is 8.63. The van der Waals surface area contributed by atoms with E-state index >= 15 is 0 Å². The largest absolute Gasteiger partial charge is 0.329 e. The van der Waals surface area contributed by atoms with Gasteiger partial charge in [0.15, 0.2) is 0 Å². The lowest BCUT2D eigenvalue weighted by molar-refractivity contribution is 1.17. The molecule has 0 aliphatic heterocycles. The quantitative estimate of drug-likeness (QED) is 0.915. The maximum absolute atomic E-state index is 11.9. The van der Waals surface area contributed by atoms with Gasteiger partial charge >= 0.3 is 0 Å². The zero-order chi connectivity index (χ0) is 13.1. The number of pyridine rings is 1. The molecular weight excluding hydrogens is 271 g/mol. The van der Waals surface area contributed by atoms with Crippen LogP contribution in [0.3, 0.4) is 0 Å². The molecule has 0 bridgehead atoms. The number of H-pyrrole nitrogens is 1. The van der Waals surface area contributed by atoms with E-state index < -0.39 is 0 Å². The summed E-state index contributed by atoms with van der Waals surface area (Å²) in [7, 11) is 0. The molecule has 0 amide bonds. The highest BCUT2D eigenvalue weighted by Gasteiger charge is 2.12. The molecule has 1 heterocycles. The topological polar surface area (TPSA) is 56.6 Å². The van der Waals surface area contributed by atoms with E-state index in [4.69, 9.17) is 28.5 Å². The van der Waals surface area contributed by atoms with Crippen LogP contribution in [0.2, 0.25) is 10.0 Å². The fourth-order valence-electron chi connectivity index (χ4n) is 1.74. The third kappa shape index (κ3) is 2.40. The molecule has 1 aromatic carbocycles. The average molecular weight is 279 g/mol. The van der Waals surface area contributed by atoms with Gasteiger partial charge in [0.1, 0.15) is 0 Å². The molecule has 0 saturated heterocycles. The van der Waals surface area contributed by atoms with E-state index in [1.807, 2.05) is 6.07 Å². The molecule has 0 aliphatic rings. The van der Waals surface area contributed by atoms with Crippen LogP contribution in [-0.2, 0) is 6.42 Å². The third-order valence-electron chi connectivity index (χ3n) is 2.52. The first-order valence-electron chi connectivity index (χ1n) is 5.16. The van der Waals surface area contributed by atoms with Gasteiger partial charge < -0.3 is 4.98 Å². The van der Waals surface area contributed by atoms with Gasteiger partial charge in [-0.05, 0) is 23.8 Å². The number of nitrogens with zero attached hydrogens (tertiary/aromatic N) is 1. The smallest absolute Gasteiger partial charge is 0.256 e. The molecule has 18 heavy (non-hydrogen) atoms. The SMILES string of the molecule is N#CCc1cc[nH]c(=O)c1-c1ccc(Cl)cc1Cl. The fraction of sp³-hybridized carbons (Fsp3) is 0.0769. The Labute approximate surface area is 114 Å². The summed E-state index contributed by atoms with van der Waals surface area (Å²) in [6, 6.07) is 8.63. The Kier molecular flexibility index (Phi) is 3.71. The second kappa shape index (κ2) is 5.26. The summed E-state index contributed by atoms with van der Waals surface area (Å²) in [6.45, 7) is 0. The van der Waals surface area contributed by atoms with E-state index in [0.717, 1.165) is 0 Å². The summed E-state index contributed by atoms with van der Waals surface area (Å²) in [5, 5.41) is 9.66. The summed E-state index contributed by atoms with van der Waals surface area (Å²) in [4.78, 5) is 14.5. The van der Waals surface area contributed by atoms with Crippen molar-refractivity contribution < 1.29 is 0 Å². The highest BCUT2D eigenvalue weighted by atomic mass is 35.5. The molecule has 0 spiro atoms. The third-order valence-corrected chi connectivity index (χ3v) is 3.06. The van der Waals surface area contributed by atoms with Crippen molar-refractivity contribution >= 4 is 23.2 Å². The van der Waals surface area contributed by atoms with Crippen LogP contribution in [0, 0.1) is 11.3 Å². The van der Waals surface area contributed by atoms with Crippen molar-refractivity contribution in [1.29, 1.82) is 5.26 Å². The second-order valence-corrected chi connectivity index (χ2v) is 4.51. The number of halogens is 2. The van der Waals surface area contributed by atoms with Crippen LogP contribution in [-0.4, -0.2) is 4.98 Å². The van der Waals surface area contributed by atoms with Gasteiger partial charge in [0.2, 0.25) is 0 Å². The van der Waals surface area contributed by atoms with Gasteiger partial charge in [-0.1, -0.05) is 29.3 Å². The van der Waals surface area contributed by atoms with Gasteiger partial charge in [-0.25, -0.2) is 0 Å². The van der Waals surface area contributed by atoms with Crippen LogP contribution < -0.4 is 5.56 Å². The molecule has 2 aromatic rings. The van der Waals surface area contributed by atoms with Crippen LogP contribution in [0.1, 0.15) is 5.56 Å². The molecule has 0 atom stereocenters. The zero-order valence-corrected chi connectivity index (χ0v) is 10.7. The lowest BCUT2D eigenvalue weighted by Gasteiger charge is -2.08. The van der Waals surface area contributed by atoms with Gasteiger partial charge in [-0.3, -0.25) is 4.79 Å².